The Morgan fingerprint density at radius 2 is 1.53 bits per heavy atom. The zero-order chi connectivity index (χ0) is 20.7. The molecule has 8 nitrogen and oxygen atoms in total. The number of rotatable bonds is 4. The fourth-order valence-corrected chi connectivity index (χ4v) is 3.70. The third-order valence-corrected chi connectivity index (χ3v) is 5.19. The Hall–Kier alpha value is -3.65. The van der Waals surface area contributed by atoms with Gasteiger partial charge in [-0.05, 0) is 35.9 Å². The number of benzene rings is 1. The van der Waals surface area contributed by atoms with Gasteiger partial charge < -0.3 is 23.7 Å². The molecule has 1 aliphatic heterocycles. The van der Waals surface area contributed by atoms with Gasteiger partial charge in [-0.25, -0.2) is 4.98 Å². The first kappa shape index (κ1) is 18.4. The normalized spacial score (nSPS) is 13.1. The molecule has 5 rings (SSSR count). The molecular weight excluding hydrogens is 386 g/mol. The van der Waals surface area contributed by atoms with Gasteiger partial charge in [0.25, 0.3) is 11.1 Å². The second kappa shape index (κ2) is 7.31. The largest absolute Gasteiger partial charge is 0.486 e. The van der Waals surface area contributed by atoms with E-state index in [9.17, 15) is 9.59 Å². The minimum Gasteiger partial charge on any atom is -0.486 e. The van der Waals surface area contributed by atoms with Gasteiger partial charge >= 0.3 is 0 Å². The van der Waals surface area contributed by atoms with Crippen molar-refractivity contribution < 1.29 is 14.6 Å². The van der Waals surface area contributed by atoms with Crippen molar-refractivity contribution in [3.05, 3.63) is 75.1 Å². The molecule has 0 radical (unpaired) electrons. The molecule has 1 aliphatic rings. The lowest BCUT2D eigenvalue weighted by atomic mass is 10.1. The van der Waals surface area contributed by atoms with Crippen molar-refractivity contribution in [2.45, 2.75) is 13.1 Å². The van der Waals surface area contributed by atoms with Crippen LogP contribution in [-0.4, -0.2) is 39.0 Å². The number of aliphatic hydroxyl groups is 1. The SMILES string of the molecule is O=c1c2cc3c(=O)n(Cc4ccc5c(c4)OCCO5)ccc3nc2ccn1CCO. The van der Waals surface area contributed by atoms with E-state index in [0.717, 1.165) is 5.56 Å². The van der Waals surface area contributed by atoms with E-state index in [1.54, 1.807) is 35.2 Å². The lowest BCUT2D eigenvalue weighted by Crippen LogP contribution is -2.23. The van der Waals surface area contributed by atoms with Crippen molar-refractivity contribution in [3.63, 3.8) is 0 Å². The number of hydrogen-bond donors (Lipinski definition) is 1. The zero-order valence-corrected chi connectivity index (χ0v) is 16.1. The molecule has 1 aromatic carbocycles. The van der Waals surface area contributed by atoms with E-state index in [-0.39, 0.29) is 24.3 Å². The van der Waals surface area contributed by atoms with Crippen LogP contribution in [0.5, 0.6) is 11.5 Å². The molecule has 0 amide bonds. The maximum atomic E-state index is 13.1. The van der Waals surface area contributed by atoms with Crippen molar-refractivity contribution in [1.82, 2.24) is 14.1 Å². The van der Waals surface area contributed by atoms with Gasteiger partial charge in [-0.3, -0.25) is 9.59 Å². The number of hydrogen-bond acceptors (Lipinski definition) is 6. The summed E-state index contributed by atoms with van der Waals surface area (Å²) in [7, 11) is 0. The molecule has 8 heteroatoms. The van der Waals surface area contributed by atoms with E-state index in [1.807, 2.05) is 18.2 Å². The molecule has 4 aromatic rings. The first-order valence-corrected chi connectivity index (χ1v) is 9.67. The van der Waals surface area contributed by atoms with E-state index in [2.05, 4.69) is 4.98 Å². The standard InChI is InChI=1S/C22H19N3O5/c26-8-7-24-5-3-17-15(21(24)27)12-16-18(23-17)4-6-25(22(16)28)13-14-1-2-19-20(11-14)30-10-9-29-19/h1-6,11-12,26H,7-10,13H2. The van der Waals surface area contributed by atoms with Crippen LogP contribution >= 0.6 is 0 Å². The first-order chi connectivity index (χ1) is 14.6. The van der Waals surface area contributed by atoms with Crippen LogP contribution < -0.4 is 20.6 Å². The molecule has 0 spiro atoms. The molecule has 0 unspecified atom stereocenters. The molecular formula is C22H19N3O5. The quantitative estimate of drug-likeness (QED) is 0.518. The Labute approximate surface area is 170 Å². The van der Waals surface area contributed by atoms with Crippen LogP contribution in [0, 0.1) is 0 Å². The van der Waals surface area contributed by atoms with Crippen molar-refractivity contribution in [2.75, 3.05) is 19.8 Å². The first-order valence-electron chi connectivity index (χ1n) is 9.67. The molecule has 1 N–H and O–H groups in total. The van der Waals surface area contributed by atoms with Crippen molar-refractivity contribution in [3.8, 4) is 11.5 Å². The van der Waals surface area contributed by atoms with Gasteiger partial charge in [0, 0.05) is 18.9 Å². The lowest BCUT2D eigenvalue weighted by Gasteiger charge is -2.19. The number of aromatic nitrogens is 3. The Bertz CT molecular complexity index is 1390. The smallest absolute Gasteiger partial charge is 0.260 e. The summed E-state index contributed by atoms with van der Waals surface area (Å²) in [5.41, 5.74) is 1.45. The van der Waals surface area contributed by atoms with Crippen LogP contribution in [0.4, 0.5) is 0 Å². The summed E-state index contributed by atoms with van der Waals surface area (Å²) < 4.78 is 14.1. The Morgan fingerprint density at radius 3 is 2.27 bits per heavy atom. The fourth-order valence-electron chi connectivity index (χ4n) is 3.70. The van der Waals surface area contributed by atoms with Crippen molar-refractivity contribution >= 4 is 21.8 Å². The van der Waals surface area contributed by atoms with Crippen LogP contribution in [0.2, 0.25) is 0 Å². The number of nitrogens with zero attached hydrogens (tertiary/aromatic N) is 3. The molecule has 4 heterocycles. The molecule has 0 aliphatic carbocycles. The van der Waals surface area contributed by atoms with Crippen molar-refractivity contribution in [1.29, 1.82) is 0 Å². The fraction of sp³-hybridized carbons (Fsp3) is 0.227. The topological polar surface area (TPSA) is 95.6 Å². The van der Waals surface area contributed by atoms with E-state index in [4.69, 9.17) is 14.6 Å². The van der Waals surface area contributed by atoms with Crippen LogP contribution in [0.15, 0.2) is 58.4 Å². The summed E-state index contributed by atoms with van der Waals surface area (Å²) in [6, 6.07) is 10.7. The molecule has 30 heavy (non-hydrogen) atoms. The maximum Gasteiger partial charge on any atom is 0.260 e. The third kappa shape index (κ3) is 3.11. The average molecular weight is 405 g/mol. The molecule has 152 valence electrons. The van der Waals surface area contributed by atoms with Gasteiger partial charge in [-0.1, -0.05) is 6.07 Å². The minimum atomic E-state index is -0.280. The van der Waals surface area contributed by atoms with Gasteiger partial charge in [0.05, 0.1) is 35.0 Å². The van der Waals surface area contributed by atoms with E-state index in [1.165, 1.54) is 4.57 Å². The second-order valence-corrected chi connectivity index (χ2v) is 7.12. The highest BCUT2D eigenvalue weighted by Gasteiger charge is 2.13. The van der Waals surface area contributed by atoms with E-state index >= 15 is 0 Å². The lowest BCUT2D eigenvalue weighted by molar-refractivity contribution is 0.171. The summed E-state index contributed by atoms with van der Waals surface area (Å²) in [5, 5.41) is 9.87. The summed E-state index contributed by atoms with van der Waals surface area (Å²) in [4.78, 5) is 30.2. The van der Waals surface area contributed by atoms with Gasteiger partial charge in [-0.2, -0.15) is 0 Å². The Kier molecular flexibility index (Phi) is 4.48. The second-order valence-electron chi connectivity index (χ2n) is 7.12. The van der Waals surface area contributed by atoms with Crippen LogP contribution in [0.1, 0.15) is 5.56 Å². The van der Waals surface area contributed by atoms with Gasteiger partial charge in [0.2, 0.25) is 0 Å². The third-order valence-electron chi connectivity index (χ3n) is 5.19. The number of pyridine rings is 3. The Balaban J connectivity index is 1.59. The predicted molar refractivity (Wildman–Crippen MR) is 111 cm³/mol. The van der Waals surface area contributed by atoms with E-state index < -0.39 is 0 Å². The average Bonchev–Trinajstić information content (AvgIpc) is 2.77. The summed E-state index contributed by atoms with van der Waals surface area (Å²) in [5.74, 6) is 1.37. The minimum absolute atomic E-state index is 0.144. The monoisotopic (exact) mass is 405 g/mol. The van der Waals surface area contributed by atoms with E-state index in [0.29, 0.717) is 53.1 Å². The molecule has 0 saturated heterocycles. The molecule has 3 aromatic heterocycles. The van der Waals surface area contributed by atoms with Gasteiger partial charge in [0.1, 0.15) is 13.2 Å². The van der Waals surface area contributed by atoms with Crippen LogP contribution in [0.25, 0.3) is 21.8 Å². The maximum absolute atomic E-state index is 13.1. The zero-order valence-electron chi connectivity index (χ0n) is 16.1. The number of ether oxygens (including phenoxy) is 2. The highest BCUT2D eigenvalue weighted by molar-refractivity contribution is 5.91. The molecule has 0 fully saturated rings. The predicted octanol–water partition coefficient (Wildman–Crippen LogP) is 1.52. The molecule has 0 bridgehead atoms. The van der Waals surface area contributed by atoms with Crippen LogP contribution in [-0.2, 0) is 13.1 Å². The van der Waals surface area contributed by atoms with Crippen molar-refractivity contribution in [2.24, 2.45) is 0 Å². The van der Waals surface area contributed by atoms with Gasteiger partial charge in [0.15, 0.2) is 11.5 Å². The number of aliphatic hydroxyl groups excluding tert-OH is 1. The summed E-state index contributed by atoms with van der Waals surface area (Å²) >= 11 is 0. The molecule has 0 saturated carbocycles. The highest BCUT2D eigenvalue weighted by atomic mass is 16.6. The highest BCUT2D eigenvalue weighted by Crippen LogP contribution is 2.30. The van der Waals surface area contributed by atoms with Crippen LogP contribution in [0.3, 0.4) is 0 Å². The summed E-state index contributed by atoms with van der Waals surface area (Å²) in [6.07, 6.45) is 3.30. The summed E-state index contributed by atoms with van der Waals surface area (Å²) in [6.45, 7) is 1.42. The Morgan fingerprint density at radius 1 is 0.867 bits per heavy atom. The number of fused-ring (bicyclic) bond motifs is 3. The van der Waals surface area contributed by atoms with Gasteiger partial charge in [-0.15, -0.1) is 0 Å². The molecule has 0 atom stereocenters.